The number of hydrogen-bond acceptors (Lipinski definition) is 4. The van der Waals surface area contributed by atoms with Gasteiger partial charge in [-0.1, -0.05) is 12.1 Å². The lowest BCUT2D eigenvalue weighted by Crippen LogP contribution is -2.44. The van der Waals surface area contributed by atoms with E-state index in [1.165, 1.54) is 7.11 Å². The first-order valence-corrected chi connectivity index (χ1v) is 7.21. The molecule has 0 bridgehead atoms. The van der Waals surface area contributed by atoms with Crippen LogP contribution < -0.4 is 0 Å². The van der Waals surface area contributed by atoms with Gasteiger partial charge in [0, 0.05) is 12.6 Å². The fourth-order valence-corrected chi connectivity index (χ4v) is 2.74. The third-order valence-corrected chi connectivity index (χ3v) is 3.99. The van der Waals surface area contributed by atoms with Crippen LogP contribution in [0.3, 0.4) is 0 Å². The van der Waals surface area contributed by atoms with E-state index in [4.69, 9.17) is 4.74 Å². The monoisotopic (exact) mass is 291 g/mol. The molecule has 1 saturated heterocycles. The molecule has 1 fully saturated rings. The molecule has 5 nitrogen and oxygen atoms in total. The van der Waals surface area contributed by atoms with Crippen LogP contribution in [0.5, 0.6) is 5.75 Å². The largest absolute Gasteiger partial charge is 0.507 e. The number of aromatic hydroxyl groups is 1. The van der Waals surface area contributed by atoms with Gasteiger partial charge in [0.15, 0.2) is 0 Å². The number of aryl methyl sites for hydroxylation is 1. The number of amides is 1. The average Bonchev–Trinajstić information content (AvgIpc) is 2.50. The lowest BCUT2D eigenvalue weighted by Gasteiger charge is -2.35. The van der Waals surface area contributed by atoms with Crippen LogP contribution in [0, 0.1) is 6.92 Å². The summed E-state index contributed by atoms with van der Waals surface area (Å²) < 4.78 is 4.70. The Morgan fingerprint density at radius 2 is 2.14 bits per heavy atom. The number of hydrogen-bond donors (Lipinski definition) is 1. The van der Waals surface area contributed by atoms with Crippen molar-refractivity contribution < 1.29 is 19.4 Å². The molecule has 1 aromatic carbocycles. The van der Waals surface area contributed by atoms with Crippen LogP contribution in [0.15, 0.2) is 18.2 Å². The number of esters is 1. The minimum atomic E-state index is -0.312. The number of carbonyl (C=O) groups excluding carboxylic acids is 2. The maximum absolute atomic E-state index is 12.7. The van der Waals surface area contributed by atoms with Crippen molar-refractivity contribution in [1.29, 1.82) is 0 Å². The highest BCUT2D eigenvalue weighted by atomic mass is 16.5. The first-order chi connectivity index (χ1) is 10.0. The summed E-state index contributed by atoms with van der Waals surface area (Å²) in [5.74, 6) is -0.511. The number of phenolic OH excluding ortho intramolecular Hbond substituents is 1. The number of rotatable bonds is 3. The molecule has 114 valence electrons. The van der Waals surface area contributed by atoms with Crippen molar-refractivity contribution in [1.82, 2.24) is 4.90 Å². The van der Waals surface area contributed by atoms with Crippen LogP contribution in [-0.2, 0) is 9.53 Å². The van der Waals surface area contributed by atoms with E-state index < -0.39 is 0 Å². The SMILES string of the molecule is COC(=O)CC1CCCCN1C(=O)c1cccc(C)c1O. The van der Waals surface area contributed by atoms with Gasteiger partial charge in [0.05, 0.1) is 19.1 Å². The number of carbonyl (C=O) groups is 2. The van der Waals surface area contributed by atoms with E-state index in [0.29, 0.717) is 17.7 Å². The summed E-state index contributed by atoms with van der Waals surface area (Å²) in [6, 6.07) is 4.98. The van der Waals surface area contributed by atoms with Crippen LogP contribution in [0.2, 0.25) is 0 Å². The van der Waals surface area contributed by atoms with Crippen LogP contribution in [-0.4, -0.2) is 41.6 Å². The molecule has 2 rings (SSSR count). The van der Waals surface area contributed by atoms with Crippen LogP contribution in [0.1, 0.15) is 41.6 Å². The number of likely N-dealkylation sites (tertiary alicyclic amines) is 1. The molecule has 1 aliphatic rings. The van der Waals surface area contributed by atoms with E-state index in [1.807, 2.05) is 0 Å². The number of nitrogens with zero attached hydrogens (tertiary/aromatic N) is 1. The maximum atomic E-state index is 12.7. The zero-order valence-corrected chi connectivity index (χ0v) is 12.5. The zero-order chi connectivity index (χ0) is 15.4. The van der Waals surface area contributed by atoms with Crippen molar-refractivity contribution in [2.24, 2.45) is 0 Å². The second kappa shape index (κ2) is 6.61. The number of benzene rings is 1. The molecule has 1 aromatic rings. The fraction of sp³-hybridized carbons (Fsp3) is 0.500. The molecule has 1 N–H and O–H groups in total. The molecule has 1 unspecified atom stereocenters. The molecule has 1 amide bonds. The molecular weight excluding hydrogens is 270 g/mol. The number of phenols is 1. The summed E-state index contributed by atoms with van der Waals surface area (Å²) in [5.41, 5.74) is 0.967. The molecule has 21 heavy (non-hydrogen) atoms. The van der Waals surface area contributed by atoms with Crippen molar-refractivity contribution >= 4 is 11.9 Å². The van der Waals surface area contributed by atoms with E-state index in [0.717, 1.165) is 19.3 Å². The van der Waals surface area contributed by atoms with Crippen LogP contribution in [0.25, 0.3) is 0 Å². The number of piperidine rings is 1. The molecule has 5 heteroatoms. The van der Waals surface area contributed by atoms with E-state index >= 15 is 0 Å². The summed E-state index contributed by atoms with van der Waals surface area (Å²) in [6.07, 6.45) is 2.89. The average molecular weight is 291 g/mol. The fourth-order valence-electron chi connectivity index (χ4n) is 2.74. The molecular formula is C16H21NO4. The Morgan fingerprint density at radius 3 is 2.86 bits per heavy atom. The minimum absolute atomic E-state index is 0.0184. The molecule has 1 atom stereocenters. The Labute approximate surface area is 124 Å². The Bertz CT molecular complexity index is 541. The Morgan fingerprint density at radius 1 is 1.38 bits per heavy atom. The highest BCUT2D eigenvalue weighted by Crippen LogP contribution is 2.27. The summed E-state index contributed by atoms with van der Waals surface area (Å²) in [5, 5.41) is 10.1. The second-order valence-corrected chi connectivity index (χ2v) is 5.40. The van der Waals surface area contributed by atoms with Gasteiger partial charge < -0.3 is 14.7 Å². The van der Waals surface area contributed by atoms with E-state index in [1.54, 1.807) is 30.0 Å². The normalized spacial score (nSPS) is 18.4. The number of ether oxygens (including phenoxy) is 1. The van der Waals surface area contributed by atoms with Crippen molar-refractivity contribution in [2.75, 3.05) is 13.7 Å². The summed E-state index contributed by atoms with van der Waals surface area (Å²) in [4.78, 5) is 25.9. The molecule has 0 aromatic heterocycles. The van der Waals surface area contributed by atoms with E-state index in [-0.39, 0.29) is 30.1 Å². The molecule has 0 aliphatic carbocycles. The van der Waals surface area contributed by atoms with Gasteiger partial charge >= 0.3 is 5.97 Å². The van der Waals surface area contributed by atoms with Crippen molar-refractivity contribution in [2.45, 2.75) is 38.6 Å². The Balaban J connectivity index is 2.22. The molecule has 1 aliphatic heterocycles. The molecule has 0 spiro atoms. The van der Waals surface area contributed by atoms with Gasteiger partial charge in [-0.05, 0) is 37.8 Å². The van der Waals surface area contributed by atoms with E-state index in [9.17, 15) is 14.7 Å². The Kier molecular flexibility index (Phi) is 4.83. The lowest BCUT2D eigenvalue weighted by atomic mass is 9.97. The minimum Gasteiger partial charge on any atom is -0.507 e. The summed E-state index contributed by atoms with van der Waals surface area (Å²) >= 11 is 0. The van der Waals surface area contributed by atoms with Crippen LogP contribution >= 0.6 is 0 Å². The van der Waals surface area contributed by atoms with Gasteiger partial charge in [-0.3, -0.25) is 9.59 Å². The number of methoxy groups -OCH3 is 1. The first kappa shape index (κ1) is 15.4. The Hall–Kier alpha value is -2.04. The quantitative estimate of drug-likeness (QED) is 0.867. The first-order valence-electron chi connectivity index (χ1n) is 7.21. The maximum Gasteiger partial charge on any atom is 0.307 e. The van der Waals surface area contributed by atoms with Gasteiger partial charge in [0.1, 0.15) is 5.75 Å². The zero-order valence-electron chi connectivity index (χ0n) is 12.5. The van der Waals surface area contributed by atoms with Gasteiger partial charge in [0.2, 0.25) is 0 Å². The third kappa shape index (κ3) is 3.35. The van der Waals surface area contributed by atoms with Crippen molar-refractivity contribution in [3.05, 3.63) is 29.3 Å². The summed E-state index contributed by atoms with van der Waals surface area (Å²) in [6.45, 7) is 2.36. The molecule has 1 heterocycles. The topological polar surface area (TPSA) is 66.8 Å². The molecule has 0 radical (unpaired) electrons. The lowest BCUT2D eigenvalue weighted by molar-refractivity contribution is -0.142. The van der Waals surface area contributed by atoms with Gasteiger partial charge in [0.25, 0.3) is 5.91 Å². The number of para-hydroxylation sites is 1. The highest BCUT2D eigenvalue weighted by molar-refractivity contribution is 5.97. The van der Waals surface area contributed by atoms with Gasteiger partial charge in [-0.25, -0.2) is 0 Å². The van der Waals surface area contributed by atoms with Gasteiger partial charge in [-0.15, -0.1) is 0 Å². The second-order valence-electron chi connectivity index (χ2n) is 5.40. The predicted molar refractivity (Wildman–Crippen MR) is 78.2 cm³/mol. The predicted octanol–water partition coefficient (Wildman–Crippen LogP) is 2.26. The smallest absolute Gasteiger partial charge is 0.307 e. The van der Waals surface area contributed by atoms with Gasteiger partial charge in [-0.2, -0.15) is 0 Å². The third-order valence-electron chi connectivity index (χ3n) is 3.99. The van der Waals surface area contributed by atoms with E-state index in [2.05, 4.69) is 0 Å². The van der Waals surface area contributed by atoms with Crippen molar-refractivity contribution in [3.8, 4) is 5.75 Å². The molecule has 0 saturated carbocycles. The highest BCUT2D eigenvalue weighted by Gasteiger charge is 2.30. The van der Waals surface area contributed by atoms with Crippen molar-refractivity contribution in [3.63, 3.8) is 0 Å². The van der Waals surface area contributed by atoms with Crippen LogP contribution in [0.4, 0.5) is 0 Å². The summed E-state index contributed by atoms with van der Waals surface area (Å²) in [7, 11) is 1.35. The standard InChI is InChI=1S/C16H21NO4/c1-11-6-5-8-13(15(11)19)16(20)17-9-4-3-7-12(17)10-14(18)21-2/h5-6,8,12,19H,3-4,7,9-10H2,1-2H3.